The maximum absolute atomic E-state index is 11.8. The smallest absolute Gasteiger partial charge is 0.263 e. The molecule has 140 valence electrons. The summed E-state index contributed by atoms with van der Waals surface area (Å²) < 4.78 is 12.1. The van der Waals surface area contributed by atoms with Gasteiger partial charge in [0.15, 0.2) is 0 Å². The van der Waals surface area contributed by atoms with Gasteiger partial charge in [0.25, 0.3) is 5.91 Å². The number of hydrogen-bond acceptors (Lipinski definition) is 5. The number of thioether (sulfide) groups is 1. The van der Waals surface area contributed by atoms with E-state index in [1.807, 2.05) is 36.4 Å². The van der Waals surface area contributed by atoms with Crippen molar-refractivity contribution in [2.75, 3.05) is 13.2 Å². The largest absolute Gasteiger partial charge is 0.490 e. The Labute approximate surface area is 168 Å². The number of rotatable bonds is 7. The highest BCUT2D eigenvalue weighted by atomic mass is 32.2. The van der Waals surface area contributed by atoms with Crippen molar-refractivity contribution in [2.45, 2.75) is 19.8 Å². The van der Waals surface area contributed by atoms with Gasteiger partial charge in [-0.2, -0.15) is 0 Å². The van der Waals surface area contributed by atoms with E-state index in [4.69, 9.17) is 21.7 Å². The first kappa shape index (κ1) is 19.5. The van der Waals surface area contributed by atoms with Crippen LogP contribution in [0.15, 0.2) is 53.4 Å². The number of ether oxygens (including phenoxy) is 2. The first-order valence-corrected chi connectivity index (χ1v) is 9.95. The van der Waals surface area contributed by atoms with Crippen LogP contribution in [0, 0.1) is 0 Å². The topological polar surface area (TPSA) is 47.6 Å². The Morgan fingerprint density at radius 3 is 2.44 bits per heavy atom. The average molecular weight is 400 g/mol. The third-order valence-electron chi connectivity index (χ3n) is 4.00. The first-order valence-electron chi connectivity index (χ1n) is 8.72. The van der Waals surface area contributed by atoms with Crippen LogP contribution in [0.4, 0.5) is 0 Å². The molecule has 1 aliphatic rings. The van der Waals surface area contributed by atoms with Crippen LogP contribution in [0.2, 0.25) is 0 Å². The number of benzene rings is 2. The standard InChI is InChI=1S/C21H21NO3S2/c1-14(2)15-7-9-17(10-8-15)24-11-12-25-18-6-4-3-5-16(18)13-19-20(23)22-21(26)27-19/h3-10,13-14H,11-12H2,1-2H3,(H,22,23,26)/b19-13-. The van der Waals surface area contributed by atoms with E-state index in [-0.39, 0.29) is 5.91 Å². The molecule has 2 aromatic rings. The maximum atomic E-state index is 11.8. The number of para-hydroxylation sites is 1. The molecule has 1 aliphatic heterocycles. The van der Waals surface area contributed by atoms with Crippen LogP contribution in [0.25, 0.3) is 6.08 Å². The van der Waals surface area contributed by atoms with Crippen LogP contribution < -0.4 is 14.8 Å². The number of carbonyl (C=O) groups excluding carboxylic acids is 1. The van der Waals surface area contributed by atoms with E-state index in [9.17, 15) is 4.79 Å². The molecular formula is C21H21NO3S2. The Balaban J connectivity index is 1.56. The molecular weight excluding hydrogens is 378 g/mol. The summed E-state index contributed by atoms with van der Waals surface area (Å²) in [7, 11) is 0. The first-order chi connectivity index (χ1) is 13.0. The van der Waals surface area contributed by atoms with Crippen LogP contribution in [0.1, 0.15) is 30.9 Å². The summed E-state index contributed by atoms with van der Waals surface area (Å²) in [6.07, 6.45) is 1.79. The molecule has 0 aliphatic carbocycles. The lowest BCUT2D eigenvalue weighted by atomic mass is 10.0. The van der Waals surface area contributed by atoms with Gasteiger partial charge in [0.1, 0.15) is 29.0 Å². The molecule has 1 fully saturated rings. The van der Waals surface area contributed by atoms with Gasteiger partial charge in [0, 0.05) is 5.56 Å². The van der Waals surface area contributed by atoms with Gasteiger partial charge in [0.2, 0.25) is 0 Å². The van der Waals surface area contributed by atoms with Gasteiger partial charge in [-0.25, -0.2) is 0 Å². The number of thiocarbonyl (C=S) groups is 1. The molecule has 3 rings (SSSR count). The van der Waals surface area contributed by atoms with E-state index in [1.54, 1.807) is 6.08 Å². The Kier molecular flexibility index (Phi) is 6.53. The second kappa shape index (κ2) is 9.06. The van der Waals surface area contributed by atoms with Gasteiger partial charge < -0.3 is 14.8 Å². The monoisotopic (exact) mass is 399 g/mol. The normalized spacial score (nSPS) is 15.3. The summed E-state index contributed by atoms with van der Waals surface area (Å²) in [5.41, 5.74) is 2.12. The van der Waals surface area contributed by atoms with Gasteiger partial charge in [-0.1, -0.05) is 68.2 Å². The third-order valence-corrected chi connectivity index (χ3v) is 5.17. The predicted octanol–water partition coefficient (Wildman–Crippen LogP) is 4.76. The number of amides is 1. The zero-order valence-corrected chi connectivity index (χ0v) is 16.9. The number of carbonyl (C=O) groups is 1. The average Bonchev–Trinajstić information content (AvgIpc) is 2.97. The molecule has 1 amide bonds. The van der Waals surface area contributed by atoms with Gasteiger partial charge in [0.05, 0.1) is 4.91 Å². The third kappa shape index (κ3) is 5.34. The molecule has 1 N–H and O–H groups in total. The van der Waals surface area contributed by atoms with Crippen molar-refractivity contribution >= 4 is 40.3 Å². The van der Waals surface area contributed by atoms with E-state index in [1.165, 1.54) is 17.3 Å². The summed E-state index contributed by atoms with van der Waals surface area (Å²) in [5.74, 6) is 1.86. The molecule has 0 bridgehead atoms. The fraction of sp³-hybridized carbons (Fsp3) is 0.238. The molecule has 0 radical (unpaired) electrons. The van der Waals surface area contributed by atoms with Crippen LogP contribution >= 0.6 is 24.0 Å². The van der Waals surface area contributed by atoms with Crippen molar-refractivity contribution < 1.29 is 14.3 Å². The fourth-order valence-corrected chi connectivity index (χ4v) is 3.59. The summed E-state index contributed by atoms with van der Waals surface area (Å²) in [6, 6.07) is 15.7. The zero-order valence-electron chi connectivity index (χ0n) is 15.2. The molecule has 2 aromatic carbocycles. The Hall–Kier alpha value is -2.31. The molecule has 4 nitrogen and oxygen atoms in total. The van der Waals surface area contributed by atoms with Gasteiger partial charge >= 0.3 is 0 Å². The summed E-state index contributed by atoms with van der Waals surface area (Å²) in [6.45, 7) is 5.17. The van der Waals surface area contributed by atoms with Crippen LogP contribution in [0.3, 0.4) is 0 Å². The molecule has 0 unspecified atom stereocenters. The van der Waals surface area contributed by atoms with E-state index < -0.39 is 0 Å². The van der Waals surface area contributed by atoms with Crippen molar-refractivity contribution in [1.82, 2.24) is 5.32 Å². The summed E-state index contributed by atoms with van der Waals surface area (Å²) >= 11 is 6.28. The lowest BCUT2D eigenvalue weighted by Crippen LogP contribution is -2.17. The minimum Gasteiger partial charge on any atom is -0.490 e. The summed E-state index contributed by atoms with van der Waals surface area (Å²) in [5, 5.41) is 2.61. The van der Waals surface area contributed by atoms with Gasteiger partial charge in [-0.15, -0.1) is 0 Å². The second-order valence-corrected chi connectivity index (χ2v) is 8.03. The summed E-state index contributed by atoms with van der Waals surface area (Å²) in [4.78, 5) is 12.4. The van der Waals surface area contributed by atoms with Gasteiger partial charge in [-0.05, 0) is 35.8 Å². The minimum absolute atomic E-state index is 0.173. The van der Waals surface area contributed by atoms with Crippen molar-refractivity contribution in [3.8, 4) is 11.5 Å². The highest BCUT2D eigenvalue weighted by molar-refractivity contribution is 8.26. The molecule has 1 heterocycles. The Bertz CT molecular complexity index is 860. The molecule has 0 aromatic heterocycles. The molecule has 1 saturated heterocycles. The van der Waals surface area contributed by atoms with Crippen molar-refractivity contribution in [1.29, 1.82) is 0 Å². The SMILES string of the molecule is CC(C)c1ccc(OCCOc2ccccc2/C=C2\SC(=S)NC2=O)cc1. The van der Waals surface area contributed by atoms with Crippen molar-refractivity contribution in [2.24, 2.45) is 0 Å². The van der Waals surface area contributed by atoms with Crippen molar-refractivity contribution in [3.05, 3.63) is 64.6 Å². The highest BCUT2D eigenvalue weighted by Gasteiger charge is 2.22. The lowest BCUT2D eigenvalue weighted by Gasteiger charge is -2.11. The molecule has 6 heteroatoms. The zero-order chi connectivity index (χ0) is 19.2. The lowest BCUT2D eigenvalue weighted by molar-refractivity contribution is -0.115. The highest BCUT2D eigenvalue weighted by Crippen LogP contribution is 2.29. The van der Waals surface area contributed by atoms with Crippen molar-refractivity contribution in [3.63, 3.8) is 0 Å². The van der Waals surface area contributed by atoms with Crippen LogP contribution in [-0.2, 0) is 4.79 Å². The Morgan fingerprint density at radius 1 is 1.07 bits per heavy atom. The fourth-order valence-electron chi connectivity index (χ4n) is 2.55. The molecule has 0 spiro atoms. The predicted molar refractivity (Wildman–Crippen MR) is 114 cm³/mol. The van der Waals surface area contributed by atoms with Crippen LogP contribution in [-0.4, -0.2) is 23.4 Å². The maximum Gasteiger partial charge on any atom is 0.263 e. The molecule has 27 heavy (non-hydrogen) atoms. The second-order valence-electron chi connectivity index (χ2n) is 6.31. The van der Waals surface area contributed by atoms with E-state index >= 15 is 0 Å². The van der Waals surface area contributed by atoms with Crippen LogP contribution in [0.5, 0.6) is 11.5 Å². The Morgan fingerprint density at radius 2 is 1.78 bits per heavy atom. The van der Waals surface area contributed by atoms with E-state index in [0.717, 1.165) is 11.3 Å². The van der Waals surface area contributed by atoms with E-state index in [2.05, 4.69) is 31.3 Å². The number of nitrogens with one attached hydrogen (secondary N) is 1. The number of hydrogen-bond donors (Lipinski definition) is 1. The van der Waals surface area contributed by atoms with E-state index in [0.29, 0.717) is 34.1 Å². The van der Waals surface area contributed by atoms with Gasteiger partial charge in [-0.3, -0.25) is 4.79 Å². The minimum atomic E-state index is -0.173. The molecule has 0 saturated carbocycles. The molecule has 0 atom stereocenters. The quantitative estimate of drug-likeness (QED) is 0.413.